The maximum Gasteiger partial charge on any atom is 0.336 e. The average Bonchev–Trinajstić information content (AvgIpc) is 3.17. The Balaban J connectivity index is 0.00000289. The summed E-state index contributed by atoms with van der Waals surface area (Å²) in [7, 11) is 0. The third kappa shape index (κ3) is 5.19. The zero-order valence-electron chi connectivity index (χ0n) is 16.2. The molecule has 6 nitrogen and oxygen atoms in total. The molecule has 0 unspecified atom stereocenters. The van der Waals surface area contributed by atoms with E-state index in [2.05, 4.69) is 5.32 Å². The van der Waals surface area contributed by atoms with Crippen molar-refractivity contribution in [1.29, 1.82) is 0 Å². The van der Waals surface area contributed by atoms with E-state index >= 15 is 0 Å². The molecular formula is C21H15Cl4N3O3S. The highest BCUT2D eigenvalue weighted by molar-refractivity contribution is 7.19. The van der Waals surface area contributed by atoms with E-state index in [-0.39, 0.29) is 31.4 Å². The van der Waals surface area contributed by atoms with Gasteiger partial charge in [0.2, 0.25) is 0 Å². The van der Waals surface area contributed by atoms with E-state index in [1.807, 2.05) is 0 Å². The summed E-state index contributed by atoms with van der Waals surface area (Å²) in [5.74, 6) is -0.365. The monoisotopic (exact) mass is 529 g/mol. The SMILES string of the molecule is Cl.O=C(NCc1ccc(Cl)c(Cl)c1)c1cn2c(=O)n(Cc3ccc(Cl)cc3)c(=O)cc2s1. The fraction of sp³-hybridized carbons (Fsp3) is 0.0952. The van der Waals surface area contributed by atoms with Crippen LogP contribution in [0.1, 0.15) is 20.8 Å². The molecule has 0 atom stereocenters. The van der Waals surface area contributed by atoms with Gasteiger partial charge >= 0.3 is 5.69 Å². The Morgan fingerprint density at radius 1 is 0.938 bits per heavy atom. The van der Waals surface area contributed by atoms with E-state index in [0.717, 1.165) is 27.0 Å². The summed E-state index contributed by atoms with van der Waals surface area (Å²) < 4.78 is 2.41. The fourth-order valence-electron chi connectivity index (χ4n) is 2.97. The molecule has 0 saturated heterocycles. The molecule has 0 saturated carbocycles. The molecule has 11 heteroatoms. The molecule has 0 bridgehead atoms. The highest BCUT2D eigenvalue weighted by Gasteiger charge is 2.15. The Morgan fingerprint density at radius 3 is 2.31 bits per heavy atom. The number of carbonyl (C=O) groups is 1. The highest BCUT2D eigenvalue weighted by atomic mass is 35.5. The number of thiazole rings is 1. The van der Waals surface area contributed by atoms with Crippen molar-refractivity contribution in [1.82, 2.24) is 14.3 Å². The quantitative estimate of drug-likeness (QED) is 0.399. The number of halogens is 4. The molecule has 1 N–H and O–H groups in total. The molecule has 2 aromatic heterocycles. The van der Waals surface area contributed by atoms with E-state index in [9.17, 15) is 14.4 Å². The molecule has 32 heavy (non-hydrogen) atoms. The van der Waals surface area contributed by atoms with Gasteiger partial charge in [-0.1, -0.05) is 53.0 Å². The Labute approximate surface area is 207 Å². The van der Waals surface area contributed by atoms with Gasteiger partial charge in [-0.15, -0.1) is 23.7 Å². The number of hydrogen-bond acceptors (Lipinski definition) is 4. The summed E-state index contributed by atoms with van der Waals surface area (Å²) in [5.41, 5.74) is 0.587. The summed E-state index contributed by atoms with van der Waals surface area (Å²) >= 11 is 18.8. The number of rotatable bonds is 5. The summed E-state index contributed by atoms with van der Waals surface area (Å²) in [6.45, 7) is 0.342. The molecule has 166 valence electrons. The number of nitrogens with one attached hydrogen (secondary N) is 1. The van der Waals surface area contributed by atoms with Gasteiger partial charge in [0.25, 0.3) is 11.5 Å². The van der Waals surface area contributed by atoms with Crippen LogP contribution in [-0.2, 0) is 13.1 Å². The first-order valence-corrected chi connectivity index (χ1v) is 11.0. The summed E-state index contributed by atoms with van der Waals surface area (Å²) in [5, 5.41) is 4.17. The average molecular weight is 531 g/mol. The van der Waals surface area contributed by atoms with Crippen LogP contribution in [0.2, 0.25) is 15.1 Å². The summed E-state index contributed by atoms with van der Waals surface area (Å²) in [6.07, 6.45) is 1.43. The van der Waals surface area contributed by atoms with Crippen molar-refractivity contribution in [3.05, 3.63) is 107 Å². The van der Waals surface area contributed by atoms with Crippen LogP contribution >= 0.6 is 58.5 Å². The standard InChI is InChI=1S/C21H14Cl3N3O3S.ClH/c22-14-4-1-12(2-5-14)10-26-18(28)8-19-27(21(26)30)11-17(31-19)20(29)25-9-13-3-6-15(23)16(24)7-13;/h1-8,11H,9-10H2,(H,25,29);1H. The van der Waals surface area contributed by atoms with E-state index in [1.54, 1.807) is 42.5 Å². The van der Waals surface area contributed by atoms with Gasteiger partial charge in [-0.2, -0.15) is 0 Å². The number of nitrogens with zero attached hydrogens (tertiary/aromatic N) is 2. The van der Waals surface area contributed by atoms with E-state index in [1.165, 1.54) is 16.7 Å². The van der Waals surface area contributed by atoms with Gasteiger partial charge in [0.15, 0.2) is 0 Å². The van der Waals surface area contributed by atoms with Crippen LogP contribution < -0.4 is 16.6 Å². The molecule has 0 radical (unpaired) electrons. The lowest BCUT2D eigenvalue weighted by molar-refractivity contribution is 0.0954. The second kappa shape index (κ2) is 10.1. The van der Waals surface area contributed by atoms with Crippen molar-refractivity contribution >= 4 is 69.3 Å². The molecule has 2 heterocycles. The zero-order valence-corrected chi connectivity index (χ0v) is 20.1. The number of amides is 1. The minimum Gasteiger partial charge on any atom is -0.347 e. The maximum atomic E-state index is 12.9. The first-order valence-electron chi connectivity index (χ1n) is 9.04. The molecular weight excluding hydrogens is 516 g/mol. The first-order chi connectivity index (χ1) is 14.8. The highest BCUT2D eigenvalue weighted by Crippen LogP contribution is 2.22. The van der Waals surface area contributed by atoms with Crippen molar-refractivity contribution < 1.29 is 4.79 Å². The molecule has 0 aliphatic heterocycles. The van der Waals surface area contributed by atoms with Crippen molar-refractivity contribution in [3.63, 3.8) is 0 Å². The van der Waals surface area contributed by atoms with E-state index in [0.29, 0.717) is 24.8 Å². The van der Waals surface area contributed by atoms with Gasteiger partial charge in [-0.3, -0.25) is 18.6 Å². The van der Waals surface area contributed by atoms with Crippen LogP contribution in [-0.4, -0.2) is 14.9 Å². The van der Waals surface area contributed by atoms with Gasteiger partial charge in [0.1, 0.15) is 9.71 Å². The van der Waals surface area contributed by atoms with Crippen LogP contribution in [0, 0.1) is 0 Å². The van der Waals surface area contributed by atoms with Crippen molar-refractivity contribution in [2.75, 3.05) is 0 Å². The van der Waals surface area contributed by atoms with Crippen LogP contribution in [0.4, 0.5) is 0 Å². The molecule has 0 aliphatic carbocycles. The van der Waals surface area contributed by atoms with Gasteiger partial charge in [-0.25, -0.2) is 4.79 Å². The molecule has 1 amide bonds. The third-order valence-corrected chi connectivity index (χ3v) is 6.59. The third-order valence-electron chi connectivity index (χ3n) is 4.56. The minimum atomic E-state index is -0.516. The molecule has 4 aromatic rings. The molecule has 4 rings (SSSR count). The number of benzene rings is 2. The van der Waals surface area contributed by atoms with Crippen molar-refractivity contribution in [3.8, 4) is 0 Å². The predicted molar refractivity (Wildman–Crippen MR) is 131 cm³/mol. The Bertz CT molecular complexity index is 1410. The second-order valence-corrected chi connectivity index (χ2v) is 9.03. The number of carbonyl (C=O) groups excluding carboxylic acids is 1. The number of fused-ring (bicyclic) bond motifs is 1. The lowest BCUT2D eigenvalue weighted by atomic mass is 10.2. The van der Waals surface area contributed by atoms with Crippen LogP contribution in [0.5, 0.6) is 0 Å². The second-order valence-electron chi connectivity index (χ2n) is 6.71. The smallest absolute Gasteiger partial charge is 0.336 e. The summed E-state index contributed by atoms with van der Waals surface area (Å²) in [4.78, 5) is 38.6. The van der Waals surface area contributed by atoms with Crippen LogP contribution in [0.25, 0.3) is 4.83 Å². The molecule has 0 aliphatic rings. The van der Waals surface area contributed by atoms with E-state index in [4.69, 9.17) is 34.8 Å². The first kappa shape index (κ1) is 24.4. The Morgan fingerprint density at radius 2 is 1.62 bits per heavy atom. The Hall–Kier alpha value is -2.29. The number of hydrogen-bond donors (Lipinski definition) is 1. The maximum absolute atomic E-state index is 12.9. The normalized spacial score (nSPS) is 10.7. The lowest BCUT2D eigenvalue weighted by Crippen LogP contribution is -2.36. The topological polar surface area (TPSA) is 72.6 Å². The predicted octanol–water partition coefficient (Wildman–Crippen LogP) is 4.88. The van der Waals surface area contributed by atoms with Gasteiger partial charge < -0.3 is 5.32 Å². The van der Waals surface area contributed by atoms with Crippen LogP contribution in [0.15, 0.2) is 64.3 Å². The molecule has 0 fully saturated rings. The number of aromatic nitrogens is 2. The van der Waals surface area contributed by atoms with Gasteiger partial charge in [0, 0.05) is 23.8 Å². The van der Waals surface area contributed by atoms with E-state index < -0.39 is 11.2 Å². The lowest BCUT2D eigenvalue weighted by Gasteiger charge is -2.05. The van der Waals surface area contributed by atoms with Crippen molar-refractivity contribution in [2.45, 2.75) is 13.1 Å². The van der Waals surface area contributed by atoms with Gasteiger partial charge in [0.05, 0.1) is 16.6 Å². The van der Waals surface area contributed by atoms with Crippen LogP contribution in [0.3, 0.4) is 0 Å². The summed E-state index contributed by atoms with van der Waals surface area (Å²) in [6, 6.07) is 13.3. The Kier molecular flexibility index (Phi) is 7.69. The van der Waals surface area contributed by atoms with Crippen molar-refractivity contribution in [2.24, 2.45) is 0 Å². The fourth-order valence-corrected chi connectivity index (χ4v) is 4.35. The molecule has 2 aromatic carbocycles. The minimum absolute atomic E-state index is 0. The zero-order chi connectivity index (χ0) is 22.1. The largest absolute Gasteiger partial charge is 0.347 e. The van der Waals surface area contributed by atoms with Gasteiger partial charge in [-0.05, 0) is 35.4 Å². The molecule has 0 spiro atoms.